The molecule has 0 aliphatic rings. The molecule has 1 aromatic rings. The van der Waals surface area contributed by atoms with Crippen LogP contribution in [0.4, 0.5) is 0 Å². The van der Waals surface area contributed by atoms with Crippen molar-refractivity contribution in [1.82, 2.24) is 0 Å². The number of hydrogen-bond donors (Lipinski definition) is 1. The summed E-state index contributed by atoms with van der Waals surface area (Å²) in [5.74, 6) is 1.44. The van der Waals surface area contributed by atoms with E-state index in [1.54, 1.807) is 14.2 Å². The molecule has 0 saturated heterocycles. The Labute approximate surface area is 104 Å². The molecule has 0 aliphatic carbocycles. The smallest absolute Gasteiger partial charge is 0.119 e. The van der Waals surface area contributed by atoms with Crippen LogP contribution >= 0.6 is 0 Å². The summed E-state index contributed by atoms with van der Waals surface area (Å²) < 4.78 is 10.3. The monoisotopic (exact) mass is 237 g/mol. The first-order chi connectivity index (χ1) is 8.30. The topological polar surface area (TPSA) is 44.5 Å². The third-order valence-corrected chi connectivity index (χ3v) is 2.95. The van der Waals surface area contributed by atoms with Crippen LogP contribution in [0.5, 0.6) is 5.75 Å². The van der Waals surface area contributed by atoms with Gasteiger partial charge in [-0.2, -0.15) is 0 Å². The van der Waals surface area contributed by atoms with Crippen molar-refractivity contribution in [3.63, 3.8) is 0 Å². The van der Waals surface area contributed by atoms with E-state index in [2.05, 4.69) is 12.1 Å². The number of rotatable bonds is 8. The molecule has 3 heteroatoms. The van der Waals surface area contributed by atoms with E-state index in [0.717, 1.165) is 38.2 Å². The molecular weight excluding hydrogens is 214 g/mol. The molecule has 1 rings (SSSR count). The first-order valence-corrected chi connectivity index (χ1v) is 6.12. The van der Waals surface area contributed by atoms with Crippen LogP contribution in [0.3, 0.4) is 0 Å². The molecule has 1 unspecified atom stereocenters. The molecule has 2 N–H and O–H groups in total. The van der Waals surface area contributed by atoms with Crippen molar-refractivity contribution in [3.05, 3.63) is 29.8 Å². The maximum atomic E-state index is 5.80. The standard InChI is InChI=1S/C14H23NO2/c1-16-8-4-6-13(11-15)9-12-5-3-7-14(10-12)17-2/h3,5,7,10,13H,4,6,8-9,11,15H2,1-2H3. The van der Waals surface area contributed by atoms with Crippen molar-refractivity contribution in [3.8, 4) is 5.75 Å². The van der Waals surface area contributed by atoms with Gasteiger partial charge in [-0.15, -0.1) is 0 Å². The van der Waals surface area contributed by atoms with E-state index in [-0.39, 0.29) is 0 Å². The fourth-order valence-corrected chi connectivity index (χ4v) is 1.95. The highest BCUT2D eigenvalue weighted by molar-refractivity contribution is 5.28. The second-order valence-corrected chi connectivity index (χ2v) is 4.29. The summed E-state index contributed by atoms with van der Waals surface area (Å²) in [6.45, 7) is 1.54. The largest absolute Gasteiger partial charge is 0.497 e. The summed E-state index contributed by atoms with van der Waals surface area (Å²) in [5, 5.41) is 0. The predicted molar refractivity (Wildman–Crippen MR) is 70.4 cm³/mol. The Morgan fingerprint density at radius 1 is 1.29 bits per heavy atom. The lowest BCUT2D eigenvalue weighted by Gasteiger charge is -2.15. The Kier molecular flexibility index (Phi) is 6.67. The lowest BCUT2D eigenvalue weighted by atomic mass is 9.95. The predicted octanol–water partition coefficient (Wildman–Crippen LogP) is 2.24. The van der Waals surface area contributed by atoms with Gasteiger partial charge in [0.1, 0.15) is 5.75 Å². The van der Waals surface area contributed by atoms with Crippen LogP contribution in [0.1, 0.15) is 18.4 Å². The van der Waals surface area contributed by atoms with Crippen molar-refractivity contribution < 1.29 is 9.47 Å². The number of hydrogen-bond acceptors (Lipinski definition) is 3. The maximum Gasteiger partial charge on any atom is 0.119 e. The molecule has 0 heterocycles. The minimum absolute atomic E-state index is 0.525. The van der Waals surface area contributed by atoms with E-state index in [0.29, 0.717) is 5.92 Å². The molecular formula is C14H23NO2. The molecule has 0 aliphatic heterocycles. The highest BCUT2D eigenvalue weighted by Gasteiger charge is 2.08. The van der Waals surface area contributed by atoms with Gasteiger partial charge in [-0.05, 0) is 49.4 Å². The second kappa shape index (κ2) is 8.09. The van der Waals surface area contributed by atoms with E-state index < -0.39 is 0 Å². The summed E-state index contributed by atoms with van der Waals surface area (Å²) in [6.07, 6.45) is 3.20. The maximum absolute atomic E-state index is 5.80. The van der Waals surface area contributed by atoms with Crippen LogP contribution in [0, 0.1) is 5.92 Å². The number of nitrogens with two attached hydrogens (primary N) is 1. The van der Waals surface area contributed by atoms with Gasteiger partial charge in [0.05, 0.1) is 7.11 Å². The Bertz CT molecular complexity index is 315. The normalized spacial score (nSPS) is 12.4. The average molecular weight is 237 g/mol. The summed E-state index contributed by atoms with van der Waals surface area (Å²) in [4.78, 5) is 0. The van der Waals surface area contributed by atoms with Crippen molar-refractivity contribution in [2.45, 2.75) is 19.3 Å². The van der Waals surface area contributed by atoms with E-state index in [1.807, 2.05) is 12.1 Å². The highest BCUT2D eigenvalue weighted by atomic mass is 16.5. The van der Waals surface area contributed by atoms with Crippen LogP contribution in [0.15, 0.2) is 24.3 Å². The van der Waals surface area contributed by atoms with Gasteiger partial charge >= 0.3 is 0 Å². The van der Waals surface area contributed by atoms with Gasteiger partial charge in [0.2, 0.25) is 0 Å². The fourth-order valence-electron chi connectivity index (χ4n) is 1.95. The van der Waals surface area contributed by atoms with E-state index in [9.17, 15) is 0 Å². The molecule has 0 aromatic heterocycles. The summed E-state index contributed by atoms with van der Waals surface area (Å²) in [6, 6.07) is 8.20. The molecule has 0 fully saturated rings. The van der Waals surface area contributed by atoms with Gasteiger partial charge in [-0.25, -0.2) is 0 Å². The first kappa shape index (κ1) is 14.0. The third-order valence-electron chi connectivity index (χ3n) is 2.95. The Balaban J connectivity index is 2.48. The van der Waals surface area contributed by atoms with Gasteiger partial charge < -0.3 is 15.2 Å². The quantitative estimate of drug-likeness (QED) is 0.705. The van der Waals surface area contributed by atoms with E-state index in [4.69, 9.17) is 15.2 Å². The summed E-state index contributed by atoms with van der Waals surface area (Å²) in [5.41, 5.74) is 7.09. The van der Waals surface area contributed by atoms with Crippen LogP contribution in [0.2, 0.25) is 0 Å². The number of methoxy groups -OCH3 is 2. The fraction of sp³-hybridized carbons (Fsp3) is 0.571. The Morgan fingerprint density at radius 3 is 2.76 bits per heavy atom. The van der Waals surface area contributed by atoms with Gasteiger partial charge in [-0.3, -0.25) is 0 Å². The number of benzene rings is 1. The van der Waals surface area contributed by atoms with Crippen LogP contribution < -0.4 is 10.5 Å². The molecule has 1 atom stereocenters. The highest BCUT2D eigenvalue weighted by Crippen LogP contribution is 2.18. The van der Waals surface area contributed by atoms with Gasteiger partial charge in [0.25, 0.3) is 0 Å². The molecule has 96 valence electrons. The zero-order valence-corrected chi connectivity index (χ0v) is 10.8. The van der Waals surface area contributed by atoms with E-state index in [1.165, 1.54) is 5.56 Å². The third kappa shape index (κ3) is 5.20. The molecule has 0 amide bonds. The molecule has 0 radical (unpaired) electrons. The minimum atomic E-state index is 0.525. The van der Waals surface area contributed by atoms with Crippen molar-refractivity contribution in [2.24, 2.45) is 11.7 Å². The molecule has 0 bridgehead atoms. The van der Waals surface area contributed by atoms with Crippen LogP contribution in [-0.4, -0.2) is 27.4 Å². The van der Waals surface area contributed by atoms with E-state index >= 15 is 0 Å². The second-order valence-electron chi connectivity index (χ2n) is 4.29. The van der Waals surface area contributed by atoms with Crippen molar-refractivity contribution >= 4 is 0 Å². The first-order valence-electron chi connectivity index (χ1n) is 6.12. The molecule has 1 aromatic carbocycles. The number of ether oxygens (including phenoxy) is 2. The summed E-state index contributed by atoms with van der Waals surface area (Å²) >= 11 is 0. The van der Waals surface area contributed by atoms with Crippen molar-refractivity contribution in [1.29, 1.82) is 0 Å². The van der Waals surface area contributed by atoms with Crippen molar-refractivity contribution in [2.75, 3.05) is 27.4 Å². The van der Waals surface area contributed by atoms with Gasteiger partial charge in [-0.1, -0.05) is 12.1 Å². The zero-order valence-electron chi connectivity index (χ0n) is 10.8. The summed E-state index contributed by atoms with van der Waals surface area (Å²) in [7, 11) is 3.43. The minimum Gasteiger partial charge on any atom is -0.497 e. The lowest BCUT2D eigenvalue weighted by Crippen LogP contribution is -2.17. The van der Waals surface area contributed by atoms with Crippen LogP contribution in [-0.2, 0) is 11.2 Å². The molecule has 17 heavy (non-hydrogen) atoms. The Morgan fingerprint density at radius 2 is 2.12 bits per heavy atom. The zero-order chi connectivity index (χ0) is 12.5. The Hall–Kier alpha value is -1.06. The average Bonchev–Trinajstić information content (AvgIpc) is 2.38. The molecule has 0 saturated carbocycles. The molecule has 0 spiro atoms. The molecule has 3 nitrogen and oxygen atoms in total. The van der Waals surface area contributed by atoms with Gasteiger partial charge in [0.15, 0.2) is 0 Å². The van der Waals surface area contributed by atoms with Crippen LogP contribution in [0.25, 0.3) is 0 Å². The van der Waals surface area contributed by atoms with Gasteiger partial charge in [0, 0.05) is 13.7 Å². The lowest BCUT2D eigenvalue weighted by molar-refractivity contribution is 0.187. The SMILES string of the molecule is COCCCC(CN)Cc1cccc(OC)c1.